The van der Waals surface area contributed by atoms with Crippen LogP contribution in [0.5, 0.6) is 11.5 Å². The first-order valence-corrected chi connectivity index (χ1v) is 13.3. The second-order valence-corrected chi connectivity index (χ2v) is 10.3. The van der Waals surface area contributed by atoms with Crippen molar-refractivity contribution in [2.75, 3.05) is 9.80 Å². The van der Waals surface area contributed by atoms with Crippen LogP contribution < -0.4 is 19.3 Å². The molecule has 1 saturated carbocycles. The van der Waals surface area contributed by atoms with E-state index in [-0.39, 0.29) is 35.7 Å². The van der Waals surface area contributed by atoms with Crippen molar-refractivity contribution in [3.8, 4) is 11.5 Å². The first kappa shape index (κ1) is 25.7. The summed E-state index contributed by atoms with van der Waals surface area (Å²) < 4.78 is 10.5. The van der Waals surface area contributed by atoms with Gasteiger partial charge in [0.15, 0.2) is 0 Å². The lowest BCUT2D eigenvalue weighted by atomic mass is 9.54. The lowest BCUT2D eigenvalue weighted by Gasteiger charge is -2.44. The number of nitrogens with zero attached hydrogens (tertiary/aromatic N) is 2. The van der Waals surface area contributed by atoms with Crippen molar-refractivity contribution in [3.63, 3.8) is 0 Å². The van der Waals surface area contributed by atoms with Crippen LogP contribution >= 0.6 is 0 Å². The number of amides is 4. The second kappa shape index (κ2) is 9.55. The van der Waals surface area contributed by atoms with Gasteiger partial charge in [0.2, 0.25) is 23.6 Å². The molecule has 3 aliphatic carbocycles. The van der Waals surface area contributed by atoms with Crippen LogP contribution in [0.4, 0.5) is 11.4 Å². The molecule has 0 radical (unpaired) electrons. The average molecular weight is 543 g/mol. The number of carbonyl (C=O) groups is 6. The molecule has 7 rings (SSSR count). The monoisotopic (exact) mass is 542 g/mol. The summed E-state index contributed by atoms with van der Waals surface area (Å²) >= 11 is 0. The number of benzene rings is 2. The quantitative estimate of drug-likeness (QED) is 0.236. The molecule has 4 amide bonds. The summed E-state index contributed by atoms with van der Waals surface area (Å²) in [5.74, 6) is -6.69. The van der Waals surface area contributed by atoms with Crippen LogP contribution in [-0.4, -0.2) is 35.6 Å². The minimum absolute atomic E-state index is 0.168. The van der Waals surface area contributed by atoms with Crippen molar-refractivity contribution in [3.05, 3.63) is 60.7 Å². The molecule has 0 N–H and O–H groups in total. The van der Waals surface area contributed by atoms with Crippen LogP contribution in [0.25, 0.3) is 0 Å². The maximum absolute atomic E-state index is 13.7. The molecule has 2 saturated heterocycles. The Balaban J connectivity index is 1.31. The van der Waals surface area contributed by atoms with Gasteiger partial charge in [0.1, 0.15) is 11.5 Å². The smallest absolute Gasteiger partial charge is 0.310 e. The maximum Gasteiger partial charge on any atom is 0.310 e. The highest BCUT2D eigenvalue weighted by atomic mass is 16.5. The van der Waals surface area contributed by atoms with Gasteiger partial charge in [0, 0.05) is 36.8 Å². The highest BCUT2D eigenvalue weighted by Crippen LogP contribution is 2.58. The fourth-order valence-corrected chi connectivity index (χ4v) is 6.51. The normalized spacial score (nSPS) is 28.1. The van der Waals surface area contributed by atoms with Crippen molar-refractivity contribution in [1.82, 2.24) is 0 Å². The SMILES string of the molecule is CCC(=O)Oc1cccc(N2C(=O)[C@@H]3C4C=CC([C@H]3C2=O)[C@@H]2C(=O)N(c3cccc(OC(=O)CC)c3)C(=O)[C@H]42)c1. The number of imide groups is 2. The van der Waals surface area contributed by atoms with Crippen molar-refractivity contribution in [1.29, 1.82) is 0 Å². The fraction of sp³-hybridized carbons (Fsp3) is 0.333. The summed E-state index contributed by atoms with van der Waals surface area (Å²) in [7, 11) is 0. The summed E-state index contributed by atoms with van der Waals surface area (Å²) in [5, 5.41) is 0. The fourth-order valence-electron chi connectivity index (χ4n) is 6.51. The maximum atomic E-state index is 13.7. The molecule has 2 aromatic rings. The van der Waals surface area contributed by atoms with Gasteiger partial charge in [0.25, 0.3) is 0 Å². The Labute approximate surface area is 229 Å². The number of anilines is 2. The molecular weight excluding hydrogens is 516 g/mol. The number of esters is 2. The number of allylic oxidation sites excluding steroid dienone is 2. The molecule has 3 fully saturated rings. The van der Waals surface area contributed by atoms with E-state index in [1.807, 2.05) is 0 Å². The molecule has 2 aromatic carbocycles. The zero-order chi connectivity index (χ0) is 28.3. The van der Waals surface area contributed by atoms with Gasteiger partial charge in [-0.25, -0.2) is 9.80 Å². The standard InChI is InChI=1S/C30H26N2O8/c1-3-21(33)39-17-9-5-7-15(13-17)31-27(35)23-19-11-12-20(24(23)28(31)36)26-25(19)29(37)32(30(26)38)16-8-6-10-18(14-16)40-22(34)4-2/h5-14,19-20,23-26H,3-4H2,1-2H3/t19?,20?,23-,24-,25-,26+/m1/s1. The van der Waals surface area contributed by atoms with Gasteiger partial charge in [-0.3, -0.25) is 28.8 Å². The summed E-state index contributed by atoms with van der Waals surface area (Å²) in [4.78, 5) is 80.6. The number of ether oxygens (including phenoxy) is 2. The van der Waals surface area contributed by atoms with E-state index in [4.69, 9.17) is 9.47 Å². The van der Waals surface area contributed by atoms with Crippen molar-refractivity contribution >= 4 is 46.9 Å². The van der Waals surface area contributed by atoms with Crippen LogP contribution in [0.15, 0.2) is 60.7 Å². The highest BCUT2D eigenvalue weighted by molar-refractivity contribution is 6.26. The van der Waals surface area contributed by atoms with Crippen molar-refractivity contribution in [2.45, 2.75) is 26.7 Å². The summed E-state index contributed by atoms with van der Waals surface area (Å²) in [6.45, 7) is 3.32. The van der Waals surface area contributed by atoms with Crippen molar-refractivity contribution in [2.24, 2.45) is 35.5 Å². The lowest BCUT2D eigenvalue weighted by Crippen LogP contribution is -2.50. The van der Waals surface area contributed by atoms with Gasteiger partial charge in [-0.2, -0.15) is 0 Å². The van der Waals surface area contributed by atoms with E-state index in [0.717, 1.165) is 9.80 Å². The van der Waals surface area contributed by atoms with Crippen LogP contribution in [0.1, 0.15) is 26.7 Å². The number of carbonyl (C=O) groups excluding carboxylic acids is 6. The third-order valence-electron chi connectivity index (χ3n) is 8.20. The van der Waals surface area contributed by atoms with E-state index in [1.54, 1.807) is 62.4 Å². The second-order valence-electron chi connectivity index (χ2n) is 10.3. The first-order valence-electron chi connectivity index (χ1n) is 13.3. The molecule has 2 heterocycles. The summed E-state index contributed by atoms with van der Waals surface area (Å²) in [5.41, 5.74) is 0.543. The molecule has 2 aliphatic heterocycles. The van der Waals surface area contributed by atoms with Gasteiger partial charge in [-0.1, -0.05) is 38.1 Å². The molecule has 10 heteroatoms. The van der Waals surface area contributed by atoms with E-state index >= 15 is 0 Å². The Kier molecular flexibility index (Phi) is 6.13. The number of rotatable bonds is 6. The molecule has 40 heavy (non-hydrogen) atoms. The van der Waals surface area contributed by atoms with Crippen LogP contribution in [0.3, 0.4) is 0 Å². The van der Waals surface area contributed by atoms with Crippen LogP contribution in [0.2, 0.25) is 0 Å². The van der Waals surface area contributed by atoms with E-state index in [2.05, 4.69) is 0 Å². The number of hydrogen-bond donors (Lipinski definition) is 0. The Morgan fingerprint density at radius 1 is 0.625 bits per heavy atom. The average Bonchev–Trinajstić information content (AvgIpc) is 3.40. The zero-order valence-electron chi connectivity index (χ0n) is 21.8. The lowest BCUT2D eigenvalue weighted by molar-refractivity contribution is -0.137. The molecule has 6 atom stereocenters. The minimum atomic E-state index is -0.792. The van der Waals surface area contributed by atoms with Gasteiger partial charge >= 0.3 is 11.9 Å². The largest absolute Gasteiger partial charge is 0.426 e. The Morgan fingerprint density at radius 3 is 1.30 bits per heavy atom. The molecule has 0 aromatic heterocycles. The topological polar surface area (TPSA) is 127 Å². The molecule has 0 spiro atoms. The summed E-state index contributed by atoms with van der Waals surface area (Å²) in [6, 6.07) is 12.4. The summed E-state index contributed by atoms with van der Waals surface area (Å²) in [6.07, 6.45) is 3.91. The zero-order valence-corrected chi connectivity index (χ0v) is 21.8. The molecule has 10 nitrogen and oxygen atoms in total. The highest BCUT2D eigenvalue weighted by Gasteiger charge is 2.68. The Bertz CT molecular complexity index is 1360. The third-order valence-corrected chi connectivity index (χ3v) is 8.20. The van der Waals surface area contributed by atoms with Gasteiger partial charge in [0.05, 0.1) is 35.0 Å². The van der Waals surface area contributed by atoms with E-state index in [0.29, 0.717) is 0 Å². The van der Waals surface area contributed by atoms with Gasteiger partial charge in [-0.15, -0.1) is 0 Å². The molecule has 5 aliphatic rings. The van der Waals surface area contributed by atoms with E-state index < -0.39 is 71.1 Å². The predicted molar refractivity (Wildman–Crippen MR) is 140 cm³/mol. The van der Waals surface area contributed by atoms with Crippen LogP contribution in [-0.2, 0) is 28.8 Å². The molecule has 2 bridgehead atoms. The first-order chi connectivity index (χ1) is 19.2. The molecule has 2 unspecified atom stereocenters. The van der Waals surface area contributed by atoms with E-state index in [1.165, 1.54) is 12.1 Å². The third kappa shape index (κ3) is 3.77. The van der Waals surface area contributed by atoms with Gasteiger partial charge < -0.3 is 9.47 Å². The Morgan fingerprint density at radius 2 is 0.975 bits per heavy atom. The molecule has 204 valence electrons. The predicted octanol–water partition coefficient (Wildman–Crippen LogP) is 3.04. The minimum Gasteiger partial charge on any atom is -0.426 e. The number of hydrogen-bond acceptors (Lipinski definition) is 8. The van der Waals surface area contributed by atoms with Crippen LogP contribution in [0, 0.1) is 35.5 Å². The van der Waals surface area contributed by atoms with Crippen molar-refractivity contribution < 1.29 is 38.2 Å². The Hall–Kier alpha value is -4.60. The van der Waals surface area contributed by atoms with E-state index in [9.17, 15) is 28.8 Å². The van der Waals surface area contributed by atoms with Gasteiger partial charge in [-0.05, 0) is 24.3 Å². The molecular formula is C30H26N2O8.